The Morgan fingerprint density at radius 2 is 1.71 bits per heavy atom. The number of hydrogen-bond donors (Lipinski definition) is 1. The number of carbonyl (C=O) groups excluding carboxylic acids is 2. The van der Waals surface area contributed by atoms with Crippen LogP contribution in [0.4, 0.5) is 5.69 Å². The van der Waals surface area contributed by atoms with Gasteiger partial charge in [0.25, 0.3) is 0 Å². The molecular formula is C13H18N2O2. The monoisotopic (exact) mass is 234 g/mol. The highest BCUT2D eigenvalue weighted by Crippen LogP contribution is 2.13. The van der Waals surface area contributed by atoms with Crippen molar-refractivity contribution in [2.45, 2.75) is 40.0 Å². The predicted octanol–water partition coefficient (Wildman–Crippen LogP) is 2.12. The van der Waals surface area contributed by atoms with Crippen molar-refractivity contribution in [3.05, 3.63) is 23.5 Å². The summed E-state index contributed by atoms with van der Waals surface area (Å²) in [5, 5.41) is 2.72. The molecule has 0 unspecified atom stereocenters. The van der Waals surface area contributed by atoms with Gasteiger partial charge >= 0.3 is 0 Å². The van der Waals surface area contributed by atoms with Gasteiger partial charge in [-0.2, -0.15) is 0 Å². The Labute approximate surface area is 101 Å². The maximum Gasteiger partial charge on any atom is 0.231 e. The minimum absolute atomic E-state index is 0.0781. The van der Waals surface area contributed by atoms with Crippen LogP contribution in [0.25, 0.3) is 0 Å². The number of ketones is 1. The van der Waals surface area contributed by atoms with Crippen molar-refractivity contribution in [3.63, 3.8) is 0 Å². The summed E-state index contributed by atoms with van der Waals surface area (Å²) < 4.78 is 0. The molecule has 0 bridgehead atoms. The highest BCUT2D eigenvalue weighted by atomic mass is 16.2. The molecule has 92 valence electrons. The Morgan fingerprint density at radius 3 is 2.12 bits per heavy atom. The van der Waals surface area contributed by atoms with E-state index < -0.39 is 0 Å². The SMILES string of the molecule is CCc1cc(NC(=O)CC(C)=O)cc(CC)n1. The molecule has 0 aliphatic carbocycles. The van der Waals surface area contributed by atoms with Crippen molar-refractivity contribution < 1.29 is 9.59 Å². The number of pyridine rings is 1. The topological polar surface area (TPSA) is 59.1 Å². The van der Waals surface area contributed by atoms with Gasteiger partial charge in [-0.25, -0.2) is 0 Å². The lowest BCUT2D eigenvalue weighted by atomic mass is 10.2. The summed E-state index contributed by atoms with van der Waals surface area (Å²) in [6.45, 7) is 5.44. The van der Waals surface area contributed by atoms with Crippen LogP contribution in [-0.2, 0) is 22.4 Å². The van der Waals surface area contributed by atoms with Crippen LogP contribution < -0.4 is 5.32 Å². The van der Waals surface area contributed by atoms with E-state index in [1.807, 2.05) is 26.0 Å². The van der Waals surface area contributed by atoms with Gasteiger partial charge in [-0.3, -0.25) is 14.6 Å². The smallest absolute Gasteiger partial charge is 0.231 e. The molecule has 1 amide bonds. The fourth-order valence-corrected chi connectivity index (χ4v) is 1.52. The quantitative estimate of drug-likeness (QED) is 0.794. The molecule has 0 saturated heterocycles. The summed E-state index contributed by atoms with van der Waals surface area (Å²) in [5.41, 5.74) is 2.62. The first-order chi connectivity index (χ1) is 8.05. The summed E-state index contributed by atoms with van der Waals surface area (Å²) in [5.74, 6) is -0.407. The highest BCUT2D eigenvalue weighted by molar-refractivity contribution is 6.03. The summed E-state index contributed by atoms with van der Waals surface area (Å²) in [4.78, 5) is 26.7. The number of aryl methyl sites for hydroxylation is 2. The second kappa shape index (κ2) is 6.13. The second-order valence-electron chi connectivity index (χ2n) is 3.97. The Morgan fingerprint density at radius 1 is 1.18 bits per heavy atom. The van der Waals surface area contributed by atoms with E-state index in [-0.39, 0.29) is 18.1 Å². The van der Waals surface area contributed by atoms with Crippen molar-refractivity contribution >= 4 is 17.4 Å². The minimum Gasteiger partial charge on any atom is -0.326 e. The number of nitrogens with zero attached hydrogens (tertiary/aromatic N) is 1. The van der Waals surface area contributed by atoms with Gasteiger partial charge in [0.15, 0.2) is 0 Å². The first kappa shape index (κ1) is 13.4. The van der Waals surface area contributed by atoms with Crippen LogP contribution in [0.3, 0.4) is 0 Å². The third-order valence-corrected chi connectivity index (χ3v) is 2.35. The Balaban J connectivity index is 2.82. The van der Waals surface area contributed by atoms with Crippen molar-refractivity contribution in [1.82, 2.24) is 4.98 Å². The number of carbonyl (C=O) groups is 2. The lowest BCUT2D eigenvalue weighted by Gasteiger charge is -2.08. The molecule has 0 aliphatic heterocycles. The molecule has 1 rings (SSSR count). The van der Waals surface area contributed by atoms with Crippen molar-refractivity contribution in [1.29, 1.82) is 0 Å². The van der Waals surface area contributed by atoms with Gasteiger partial charge in [0, 0.05) is 17.1 Å². The molecule has 0 aliphatic rings. The summed E-state index contributed by atoms with van der Waals surface area (Å²) >= 11 is 0. The van der Waals surface area contributed by atoms with Gasteiger partial charge in [-0.15, -0.1) is 0 Å². The summed E-state index contributed by atoms with van der Waals surface area (Å²) in [6, 6.07) is 3.69. The molecule has 0 aromatic carbocycles. The van der Waals surface area contributed by atoms with Gasteiger partial charge in [0.05, 0.1) is 6.42 Å². The van der Waals surface area contributed by atoms with E-state index >= 15 is 0 Å². The molecule has 0 atom stereocenters. The predicted molar refractivity (Wildman–Crippen MR) is 66.9 cm³/mol. The summed E-state index contributed by atoms with van der Waals surface area (Å²) in [6.07, 6.45) is 1.57. The van der Waals surface area contributed by atoms with E-state index in [9.17, 15) is 9.59 Å². The first-order valence-electron chi connectivity index (χ1n) is 5.84. The number of aromatic nitrogens is 1. The number of nitrogens with one attached hydrogen (secondary N) is 1. The average Bonchev–Trinajstić information content (AvgIpc) is 2.27. The molecule has 1 aromatic heterocycles. The highest BCUT2D eigenvalue weighted by Gasteiger charge is 2.07. The van der Waals surface area contributed by atoms with Gasteiger partial charge < -0.3 is 5.32 Å². The normalized spacial score (nSPS) is 10.1. The summed E-state index contributed by atoms with van der Waals surface area (Å²) in [7, 11) is 0. The molecule has 0 fully saturated rings. The largest absolute Gasteiger partial charge is 0.326 e. The van der Waals surface area contributed by atoms with Gasteiger partial charge in [0.2, 0.25) is 5.91 Å². The Bertz CT molecular complexity index is 405. The van der Waals surface area contributed by atoms with Crippen LogP contribution in [0.15, 0.2) is 12.1 Å². The van der Waals surface area contributed by atoms with E-state index in [4.69, 9.17) is 0 Å². The van der Waals surface area contributed by atoms with Crippen LogP contribution in [0.5, 0.6) is 0 Å². The van der Waals surface area contributed by atoms with Crippen LogP contribution >= 0.6 is 0 Å². The molecule has 1 N–H and O–H groups in total. The van der Waals surface area contributed by atoms with E-state index in [0.29, 0.717) is 0 Å². The van der Waals surface area contributed by atoms with E-state index in [1.54, 1.807) is 0 Å². The zero-order valence-electron chi connectivity index (χ0n) is 10.5. The van der Waals surface area contributed by atoms with E-state index in [2.05, 4.69) is 10.3 Å². The van der Waals surface area contributed by atoms with Crippen molar-refractivity contribution in [3.8, 4) is 0 Å². The lowest BCUT2D eigenvalue weighted by molar-refractivity contribution is -0.124. The molecule has 0 spiro atoms. The maximum atomic E-state index is 11.5. The standard InChI is InChI=1S/C13H18N2O2/c1-4-10-7-12(8-11(5-2)14-10)15-13(17)6-9(3)16/h7-8H,4-6H2,1-3H3,(H,14,15,17). The number of anilines is 1. The van der Waals surface area contributed by atoms with Crippen LogP contribution in [0, 0.1) is 0 Å². The van der Waals surface area contributed by atoms with Gasteiger partial charge in [-0.1, -0.05) is 13.8 Å². The lowest BCUT2D eigenvalue weighted by Crippen LogP contribution is -2.15. The average molecular weight is 234 g/mol. The van der Waals surface area contributed by atoms with E-state index in [0.717, 1.165) is 29.9 Å². The third-order valence-electron chi connectivity index (χ3n) is 2.35. The molecule has 1 heterocycles. The minimum atomic E-state index is -0.271. The molecular weight excluding hydrogens is 216 g/mol. The van der Waals surface area contributed by atoms with Crippen LogP contribution in [-0.4, -0.2) is 16.7 Å². The number of Topliss-reactive ketones (excluding diaryl/α,β-unsaturated/α-hetero) is 1. The first-order valence-corrected chi connectivity index (χ1v) is 5.84. The fourth-order valence-electron chi connectivity index (χ4n) is 1.52. The molecule has 1 aromatic rings. The molecule has 0 saturated carbocycles. The molecule has 4 nitrogen and oxygen atoms in total. The van der Waals surface area contributed by atoms with E-state index in [1.165, 1.54) is 6.92 Å². The van der Waals surface area contributed by atoms with Crippen molar-refractivity contribution in [2.24, 2.45) is 0 Å². The number of hydrogen-bond acceptors (Lipinski definition) is 3. The molecule has 17 heavy (non-hydrogen) atoms. The van der Waals surface area contributed by atoms with Crippen molar-refractivity contribution in [2.75, 3.05) is 5.32 Å². The zero-order valence-corrected chi connectivity index (χ0v) is 10.5. The van der Waals surface area contributed by atoms with Crippen LogP contribution in [0.2, 0.25) is 0 Å². The zero-order chi connectivity index (χ0) is 12.8. The molecule has 0 radical (unpaired) electrons. The fraction of sp³-hybridized carbons (Fsp3) is 0.462. The number of rotatable bonds is 5. The van der Waals surface area contributed by atoms with Gasteiger partial charge in [0.1, 0.15) is 5.78 Å². The van der Waals surface area contributed by atoms with Gasteiger partial charge in [-0.05, 0) is 31.9 Å². The number of amides is 1. The van der Waals surface area contributed by atoms with Crippen LogP contribution in [0.1, 0.15) is 38.6 Å². The third kappa shape index (κ3) is 4.34. The maximum absolute atomic E-state index is 11.5. The Hall–Kier alpha value is -1.71. The second-order valence-corrected chi connectivity index (χ2v) is 3.97. The molecule has 4 heteroatoms. The Kier molecular flexibility index (Phi) is 4.82.